The van der Waals surface area contributed by atoms with Gasteiger partial charge in [0, 0.05) is 23.3 Å². The lowest BCUT2D eigenvalue weighted by molar-refractivity contribution is -0.137. The summed E-state index contributed by atoms with van der Waals surface area (Å²) in [5.41, 5.74) is 1.43. The van der Waals surface area contributed by atoms with Gasteiger partial charge in [-0.1, -0.05) is 12.1 Å². The normalized spacial score (nSPS) is 11.0. The van der Waals surface area contributed by atoms with Crippen molar-refractivity contribution in [3.05, 3.63) is 78.5 Å². The molecule has 0 spiro atoms. The minimum Gasteiger partial charge on any atom is -0.493 e. The first-order chi connectivity index (χ1) is 18.2. The zero-order chi connectivity index (χ0) is 27.3. The number of benzene rings is 3. The maximum Gasteiger partial charge on any atom is 0.418 e. The monoisotopic (exact) mass is 526 g/mol. The highest BCUT2D eigenvalue weighted by molar-refractivity contribution is 5.93. The Balaban J connectivity index is 1.46. The molecule has 9 nitrogen and oxygen atoms in total. The van der Waals surface area contributed by atoms with Crippen LogP contribution in [0.3, 0.4) is 0 Å². The number of ether oxygens (including phenoxy) is 3. The number of aromatic nitrogens is 1. The quantitative estimate of drug-likeness (QED) is 0.224. The molecule has 1 heterocycles. The lowest BCUT2D eigenvalue weighted by atomic mass is 10.1. The van der Waals surface area contributed by atoms with Crippen LogP contribution in [0.2, 0.25) is 0 Å². The third kappa shape index (κ3) is 5.69. The summed E-state index contributed by atoms with van der Waals surface area (Å²) in [7, 11) is 3.05. The zero-order valence-corrected chi connectivity index (χ0v) is 20.1. The van der Waals surface area contributed by atoms with Crippen molar-refractivity contribution in [2.24, 2.45) is 0 Å². The van der Waals surface area contributed by atoms with E-state index in [1.807, 2.05) is 0 Å². The van der Waals surface area contributed by atoms with Crippen molar-refractivity contribution >= 4 is 34.7 Å². The van der Waals surface area contributed by atoms with Crippen molar-refractivity contribution in [3.63, 3.8) is 0 Å². The van der Waals surface area contributed by atoms with E-state index in [9.17, 15) is 22.8 Å². The molecule has 0 fully saturated rings. The first-order valence-corrected chi connectivity index (χ1v) is 11.0. The van der Waals surface area contributed by atoms with E-state index in [0.29, 0.717) is 44.6 Å². The molecule has 0 aliphatic rings. The summed E-state index contributed by atoms with van der Waals surface area (Å²) in [5, 5.41) is 3.59. The molecule has 3 amide bonds. The van der Waals surface area contributed by atoms with Crippen LogP contribution in [0, 0.1) is 0 Å². The van der Waals surface area contributed by atoms with E-state index in [2.05, 4.69) is 15.7 Å². The van der Waals surface area contributed by atoms with E-state index >= 15 is 0 Å². The zero-order valence-electron chi connectivity index (χ0n) is 20.1. The summed E-state index contributed by atoms with van der Waals surface area (Å²) in [5.74, 6) is 1.96. The van der Waals surface area contributed by atoms with Gasteiger partial charge in [0.05, 0.1) is 31.0 Å². The number of hydrogen-bond donors (Lipinski definition) is 2. The number of urea groups is 1. The first kappa shape index (κ1) is 26.1. The molecule has 196 valence electrons. The maximum atomic E-state index is 13.3. The molecule has 0 bridgehead atoms. The maximum absolute atomic E-state index is 13.3. The van der Waals surface area contributed by atoms with Crippen molar-refractivity contribution in [1.82, 2.24) is 10.4 Å². The summed E-state index contributed by atoms with van der Waals surface area (Å²) in [4.78, 5) is 28.2. The molecule has 0 atom stereocenters. The molecular formula is C26H21F3N4O5. The molecule has 0 unspecified atom stereocenters. The van der Waals surface area contributed by atoms with E-state index in [0.717, 1.165) is 12.1 Å². The number of fused-ring (bicyclic) bond motifs is 1. The largest absolute Gasteiger partial charge is 0.493 e. The predicted octanol–water partition coefficient (Wildman–Crippen LogP) is 5.76. The number of amides is 3. The van der Waals surface area contributed by atoms with Crippen LogP contribution in [0.25, 0.3) is 10.9 Å². The second-order valence-corrected chi connectivity index (χ2v) is 7.72. The first-order valence-electron chi connectivity index (χ1n) is 11.0. The molecule has 3 aromatic carbocycles. The minimum atomic E-state index is -4.72. The van der Waals surface area contributed by atoms with Gasteiger partial charge in [-0.2, -0.15) is 13.2 Å². The third-order valence-corrected chi connectivity index (χ3v) is 5.34. The second-order valence-electron chi connectivity index (χ2n) is 7.72. The number of alkyl halides is 3. The highest BCUT2D eigenvalue weighted by Crippen LogP contribution is 2.37. The third-order valence-electron chi connectivity index (χ3n) is 5.34. The van der Waals surface area contributed by atoms with Gasteiger partial charge in [0.25, 0.3) is 0 Å². The Bertz CT molecular complexity index is 1460. The molecule has 12 heteroatoms. The highest BCUT2D eigenvalue weighted by atomic mass is 19.4. The summed E-state index contributed by atoms with van der Waals surface area (Å²) in [6.07, 6.45) is -3.06. The van der Waals surface area contributed by atoms with Gasteiger partial charge in [-0.15, -0.1) is 0 Å². The minimum absolute atomic E-state index is 0.0741. The standard InChI is InChI=1S/C26H21F3N4O5/c1-36-23-13-18-20(14-24(23)37-2)30-12-11-22(18)38-17-9-7-16(8-10-17)31-25(35)32-33(15-34)21-6-4-3-5-19(21)26(27,28)29/h3-15H,1-2H3,(H2,31,32,35). The SMILES string of the molecule is COc1cc2nccc(Oc3ccc(NC(=O)NN(C=O)c4ccccc4C(F)(F)F)cc3)c2cc1OC. The Labute approximate surface area is 214 Å². The number of carbonyl (C=O) groups excluding carboxylic acids is 2. The van der Waals surface area contributed by atoms with Crippen LogP contribution in [0.5, 0.6) is 23.0 Å². The summed E-state index contributed by atoms with van der Waals surface area (Å²) < 4.78 is 56.5. The van der Waals surface area contributed by atoms with Gasteiger partial charge < -0.3 is 19.5 Å². The number of carbonyl (C=O) groups is 2. The summed E-state index contributed by atoms with van der Waals surface area (Å²) in [6, 6.07) is 14.8. The Morgan fingerprint density at radius 2 is 1.63 bits per heavy atom. The molecule has 0 saturated carbocycles. The molecular weight excluding hydrogens is 505 g/mol. The van der Waals surface area contributed by atoms with Crippen molar-refractivity contribution in [1.29, 1.82) is 0 Å². The molecule has 2 N–H and O–H groups in total. The predicted molar refractivity (Wildman–Crippen MR) is 134 cm³/mol. The van der Waals surface area contributed by atoms with Crippen LogP contribution in [-0.2, 0) is 11.0 Å². The van der Waals surface area contributed by atoms with Crippen molar-refractivity contribution in [2.75, 3.05) is 24.5 Å². The molecule has 0 saturated heterocycles. The number of nitrogens with one attached hydrogen (secondary N) is 2. The van der Waals surface area contributed by atoms with Gasteiger partial charge in [-0.25, -0.2) is 15.2 Å². The number of nitrogens with zero attached hydrogens (tertiary/aromatic N) is 2. The molecule has 4 rings (SSSR count). The number of hydrazine groups is 1. The van der Waals surface area contributed by atoms with Crippen LogP contribution in [0.1, 0.15) is 5.56 Å². The van der Waals surface area contributed by atoms with Crippen molar-refractivity contribution in [2.45, 2.75) is 6.18 Å². The van der Waals surface area contributed by atoms with Gasteiger partial charge >= 0.3 is 12.2 Å². The van der Waals surface area contributed by atoms with E-state index in [1.165, 1.54) is 38.5 Å². The van der Waals surface area contributed by atoms with Crippen LogP contribution >= 0.6 is 0 Å². The fourth-order valence-corrected chi connectivity index (χ4v) is 3.60. The number of pyridine rings is 1. The lowest BCUT2D eigenvalue weighted by Gasteiger charge is -2.22. The van der Waals surface area contributed by atoms with Gasteiger partial charge in [0.15, 0.2) is 11.5 Å². The van der Waals surface area contributed by atoms with E-state index in [1.54, 1.807) is 36.5 Å². The van der Waals surface area contributed by atoms with Crippen LogP contribution in [0.15, 0.2) is 72.9 Å². The van der Waals surface area contributed by atoms with Crippen molar-refractivity contribution < 1.29 is 37.0 Å². The molecule has 0 radical (unpaired) electrons. The Morgan fingerprint density at radius 3 is 2.29 bits per heavy atom. The Kier molecular flexibility index (Phi) is 7.51. The molecule has 38 heavy (non-hydrogen) atoms. The fraction of sp³-hybridized carbons (Fsp3) is 0.115. The highest BCUT2D eigenvalue weighted by Gasteiger charge is 2.35. The smallest absolute Gasteiger partial charge is 0.418 e. The lowest BCUT2D eigenvalue weighted by Crippen LogP contribution is -2.44. The number of rotatable bonds is 8. The Hall–Kier alpha value is -5.00. The number of methoxy groups -OCH3 is 2. The van der Waals surface area contributed by atoms with Gasteiger partial charge in [0.2, 0.25) is 6.41 Å². The number of hydrogen-bond acceptors (Lipinski definition) is 6. The molecule has 1 aromatic heterocycles. The summed E-state index contributed by atoms with van der Waals surface area (Å²) >= 11 is 0. The van der Waals surface area contributed by atoms with Crippen LogP contribution < -0.4 is 30.0 Å². The average Bonchev–Trinajstić information content (AvgIpc) is 2.91. The molecule has 0 aliphatic heterocycles. The number of anilines is 2. The van der Waals surface area contributed by atoms with Crippen LogP contribution in [0.4, 0.5) is 29.3 Å². The van der Waals surface area contributed by atoms with Crippen molar-refractivity contribution in [3.8, 4) is 23.0 Å². The average molecular weight is 526 g/mol. The number of halogens is 3. The topological polar surface area (TPSA) is 102 Å². The summed E-state index contributed by atoms with van der Waals surface area (Å²) in [6.45, 7) is 0. The van der Waals surface area contributed by atoms with Crippen LogP contribution in [-0.4, -0.2) is 31.6 Å². The van der Waals surface area contributed by atoms with E-state index in [4.69, 9.17) is 14.2 Å². The fourth-order valence-electron chi connectivity index (χ4n) is 3.60. The molecule has 4 aromatic rings. The van der Waals surface area contributed by atoms with E-state index < -0.39 is 23.5 Å². The molecule has 0 aliphatic carbocycles. The van der Waals surface area contributed by atoms with Gasteiger partial charge in [-0.3, -0.25) is 9.78 Å². The second kappa shape index (κ2) is 10.9. The number of para-hydroxylation sites is 1. The van der Waals surface area contributed by atoms with E-state index in [-0.39, 0.29) is 6.41 Å². The van der Waals surface area contributed by atoms with Gasteiger partial charge in [-0.05, 0) is 48.5 Å². The van der Waals surface area contributed by atoms with Gasteiger partial charge in [0.1, 0.15) is 11.5 Å². The Morgan fingerprint density at radius 1 is 0.947 bits per heavy atom.